The molecular weight excluding hydrogens is 548 g/mol. The van der Waals surface area contributed by atoms with Crippen LogP contribution in [0.15, 0.2) is 77.7 Å². The molecule has 0 aliphatic rings. The predicted molar refractivity (Wildman–Crippen MR) is 147 cm³/mol. The van der Waals surface area contributed by atoms with Gasteiger partial charge in [0, 0.05) is 33.5 Å². The Morgan fingerprint density at radius 3 is 2.36 bits per heavy atom. The number of thioether (sulfide) groups is 1. The fraction of sp³-hybridized carbons (Fsp3) is 0.172. The van der Waals surface area contributed by atoms with Crippen LogP contribution in [-0.4, -0.2) is 15.9 Å². The van der Waals surface area contributed by atoms with Gasteiger partial charge in [0.1, 0.15) is 16.6 Å². The predicted octanol–water partition coefficient (Wildman–Crippen LogP) is 8.08. The number of phenolic OH excluding ortho intramolecular Hbond substituents is 1. The number of ketones is 1. The van der Waals surface area contributed by atoms with E-state index in [4.69, 9.17) is 5.73 Å². The Hall–Kier alpha value is -3.63. The molecule has 10 heteroatoms. The van der Waals surface area contributed by atoms with E-state index in [1.54, 1.807) is 26.0 Å². The SMILES string of the molecule is Cc1cc(SC(CC(=O)C=C(N)c2ccc(F)cc2)c2sc(-c3ccc(C(F)(F)F)cc3)nc2C)ccc1O. The Morgan fingerprint density at radius 2 is 1.74 bits per heavy atom. The van der Waals surface area contributed by atoms with Crippen LogP contribution in [0.25, 0.3) is 16.3 Å². The third-order valence-corrected chi connectivity index (χ3v) is 8.59. The van der Waals surface area contributed by atoms with E-state index in [0.717, 1.165) is 21.9 Å². The Balaban J connectivity index is 1.65. The molecule has 0 aliphatic heterocycles. The van der Waals surface area contributed by atoms with Crippen molar-refractivity contribution in [1.29, 1.82) is 0 Å². The van der Waals surface area contributed by atoms with E-state index in [1.807, 2.05) is 6.07 Å². The zero-order valence-electron chi connectivity index (χ0n) is 20.9. The van der Waals surface area contributed by atoms with Gasteiger partial charge in [-0.1, -0.05) is 24.3 Å². The first-order valence-electron chi connectivity index (χ1n) is 11.8. The number of benzene rings is 3. The lowest BCUT2D eigenvalue weighted by atomic mass is 10.1. The molecule has 0 fully saturated rings. The molecule has 3 aromatic carbocycles. The molecule has 0 aliphatic carbocycles. The van der Waals surface area contributed by atoms with Gasteiger partial charge in [0.2, 0.25) is 0 Å². The Bertz CT molecular complexity index is 1510. The molecule has 4 aromatic rings. The quantitative estimate of drug-likeness (QED) is 0.127. The van der Waals surface area contributed by atoms with Gasteiger partial charge in [0.05, 0.1) is 16.5 Å². The molecule has 0 saturated heterocycles. The number of rotatable bonds is 8. The second-order valence-corrected chi connectivity index (χ2v) is 11.2. The number of aromatic hydroxyl groups is 1. The second-order valence-electron chi connectivity index (χ2n) is 8.88. The summed E-state index contributed by atoms with van der Waals surface area (Å²) in [5.74, 6) is -0.516. The number of allylic oxidation sites excluding steroid dienone is 1. The Morgan fingerprint density at radius 1 is 1.08 bits per heavy atom. The van der Waals surface area contributed by atoms with Crippen LogP contribution in [-0.2, 0) is 11.0 Å². The molecule has 4 nitrogen and oxygen atoms in total. The molecule has 1 aromatic heterocycles. The maximum absolute atomic E-state index is 13.3. The van der Waals surface area contributed by atoms with Crippen LogP contribution >= 0.6 is 23.1 Å². The van der Waals surface area contributed by atoms with Crippen LogP contribution in [0.1, 0.15) is 38.9 Å². The summed E-state index contributed by atoms with van der Waals surface area (Å²) in [6, 6.07) is 15.4. The number of carbonyl (C=O) groups excluding carboxylic acids is 1. The van der Waals surface area contributed by atoms with Crippen LogP contribution < -0.4 is 5.73 Å². The van der Waals surface area contributed by atoms with E-state index in [-0.39, 0.29) is 28.9 Å². The lowest BCUT2D eigenvalue weighted by molar-refractivity contribution is -0.137. The van der Waals surface area contributed by atoms with Gasteiger partial charge in [-0.25, -0.2) is 9.37 Å². The lowest BCUT2D eigenvalue weighted by Gasteiger charge is -2.15. The van der Waals surface area contributed by atoms with Crippen molar-refractivity contribution in [3.8, 4) is 16.3 Å². The number of aromatic nitrogens is 1. The average molecular weight is 573 g/mol. The van der Waals surface area contributed by atoms with E-state index in [2.05, 4.69) is 4.98 Å². The number of hydrogen-bond donors (Lipinski definition) is 2. The number of phenols is 1. The summed E-state index contributed by atoms with van der Waals surface area (Å²) in [7, 11) is 0. The van der Waals surface area contributed by atoms with Crippen LogP contribution in [0.5, 0.6) is 5.75 Å². The van der Waals surface area contributed by atoms with E-state index < -0.39 is 17.6 Å². The van der Waals surface area contributed by atoms with Gasteiger partial charge in [0.25, 0.3) is 0 Å². The van der Waals surface area contributed by atoms with Crippen LogP contribution in [0.3, 0.4) is 0 Å². The Labute approximate surface area is 231 Å². The van der Waals surface area contributed by atoms with Gasteiger partial charge in [0.15, 0.2) is 5.78 Å². The van der Waals surface area contributed by atoms with Gasteiger partial charge in [-0.05, 0) is 67.4 Å². The monoisotopic (exact) mass is 572 g/mol. The van der Waals surface area contributed by atoms with Gasteiger partial charge in [-0.2, -0.15) is 13.2 Å². The van der Waals surface area contributed by atoms with Crippen molar-refractivity contribution in [2.75, 3.05) is 0 Å². The molecule has 0 radical (unpaired) electrons. The van der Waals surface area contributed by atoms with E-state index in [9.17, 15) is 27.5 Å². The van der Waals surface area contributed by atoms with E-state index in [0.29, 0.717) is 27.4 Å². The van der Waals surface area contributed by atoms with Crippen molar-refractivity contribution in [2.45, 2.75) is 36.6 Å². The van der Waals surface area contributed by atoms with Gasteiger partial charge in [-0.15, -0.1) is 23.1 Å². The standard InChI is InChI=1S/C29H24F4N2O2S2/c1-16-13-23(11-12-25(16)37)38-26(15-22(36)14-24(34)18-5-9-21(30)10-6-18)27-17(2)35-28(39-27)19-3-7-20(8-4-19)29(31,32)33/h3-14,26,37H,15,34H2,1-2H3. The number of nitrogens with zero attached hydrogens (tertiary/aromatic N) is 1. The molecule has 1 atom stereocenters. The van der Waals surface area contributed by atoms with Crippen LogP contribution in [0, 0.1) is 19.7 Å². The highest BCUT2D eigenvalue weighted by Gasteiger charge is 2.30. The first-order valence-corrected chi connectivity index (χ1v) is 13.5. The minimum Gasteiger partial charge on any atom is -0.508 e. The number of hydrogen-bond acceptors (Lipinski definition) is 6. The highest BCUT2D eigenvalue weighted by molar-refractivity contribution is 7.99. The fourth-order valence-electron chi connectivity index (χ4n) is 3.83. The summed E-state index contributed by atoms with van der Waals surface area (Å²) in [5, 5.41) is 10.1. The number of carbonyl (C=O) groups is 1. The van der Waals surface area contributed by atoms with Crippen molar-refractivity contribution in [1.82, 2.24) is 4.98 Å². The van der Waals surface area contributed by atoms with Crippen LogP contribution in [0.4, 0.5) is 17.6 Å². The highest BCUT2D eigenvalue weighted by Crippen LogP contribution is 2.44. The zero-order valence-corrected chi connectivity index (χ0v) is 22.6. The molecule has 4 rings (SSSR count). The van der Waals surface area contributed by atoms with E-state index >= 15 is 0 Å². The number of aryl methyl sites for hydroxylation is 2. The average Bonchev–Trinajstić information content (AvgIpc) is 3.27. The first-order chi connectivity index (χ1) is 18.4. The normalized spacial score (nSPS) is 12.9. The summed E-state index contributed by atoms with van der Waals surface area (Å²) >= 11 is 2.73. The Kier molecular flexibility index (Phi) is 8.46. The molecule has 1 unspecified atom stereocenters. The molecule has 0 amide bonds. The molecule has 3 N–H and O–H groups in total. The number of thiazole rings is 1. The second kappa shape index (κ2) is 11.6. The first kappa shape index (κ1) is 28.4. The van der Waals surface area contributed by atoms with Crippen molar-refractivity contribution in [2.24, 2.45) is 5.73 Å². The number of alkyl halides is 3. The summed E-state index contributed by atoms with van der Waals surface area (Å²) in [6.07, 6.45) is -3.06. The van der Waals surface area contributed by atoms with Crippen molar-refractivity contribution >= 4 is 34.6 Å². The zero-order chi connectivity index (χ0) is 28.3. The molecule has 0 spiro atoms. The van der Waals surface area contributed by atoms with Gasteiger partial charge < -0.3 is 10.8 Å². The molecule has 0 saturated carbocycles. The molecular formula is C29H24F4N2O2S2. The smallest absolute Gasteiger partial charge is 0.416 e. The van der Waals surface area contributed by atoms with Crippen molar-refractivity contribution in [3.05, 3.63) is 106 Å². The summed E-state index contributed by atoms with van der Waals surface area (Å²) in [6.45, 7) is 3.56. The topological polar surface area (TPSA) is 76.2 Å². The third kappa shape index (κ3) is 7.07. The largest absolute Gasteiger partial charge is 0.508 e. The molecule has 39 heavy (non-hydrogen) atoms. The van der Waals surface area contributed by atoms with E-state index in [1.165, 1.54) is 65.6 Å². The molecule has 202 valence electrons. The summed E-state index contributed by atoms with van der Waals surface area (Å²) < 4.78 is 52.3. The van der Waals surface area contributed by atoms with Gasteiger partial charge in [-0.3, -0.25) is 4.79 Å². The molecule has 0 bridgehead atoms. The summed E-state index contributed by atoms with van der Waals surface area (Å²) in [4.78, 5) is 19.3. The minimum atomic E-state index is -4.43. The number of nitrogens with two attached hydrogens (primary N) is 1. The lowest BCUT2D eigenvalue weighted by Crippen LogP contribution is -2.06. The van der Waals surface area contributed by atoms with Crippen molar-refractivity contribution in [3.63, 3.8) is 0 Å². The fourth-order valence-corrected chi connectivity index (χ4v) is 6.41. The van der Waals surface area contributed by atoms with Crippen molar-refractivity contribution < 1.29 is 27.5 Å². The maximum atomic E-state index is 13.3. The van der Waals surface area contributed by atoms with Crippen LogP contribution in [0.2, 0.25) is 0 Å². The third-order valence-electron chi connectivity index (χ3n) is 5.91. The highest BCUT2D eigenvalue weighted by atomic mass is 32.2. The minimum absolute atomic E-state index is 0.0575. The van der Waals surface area contributed by atoms with Gasteiger partial charge >= 0.3 is 6.18 Å². The number of halogens is 4. The maximum Gasteiger partial charge on any atom is 0.416 e. The molecule has 1 heterocycles. The summed E-state index contributed by atoms with van der Waals surface area (Å²) in [5.41, 5.74) is 7.95.